The highest BCUT2D eigenvalue weighted by Crippen LogP contribution is 2.62. The second-order valence-corrected chi connectivity index (χ2v) is 8.49. The zero-order valence-electron chi connectivity index (χ0n) is 18.0. The van der Waals surface area contributed by atoms with Crippen LogP contribution in [0.25, 0.3) is 0 Å². The Bertz CT molecular complexity index is 922. The summed E-state index contributed by atoms with van der Waals surface area (Å²) in [6.07, 6.45) is 7.06. The van der Waals surface area contributed by atoms with Crippen molar-refractivity contribution >= 4 is 11.9 Å². The van der Waals surface area contributed by atoms with Crippen molar-refractivity contribution in [1.82, 2.24) is 4.90 Å². The van der Waals surface area contributed by atoms with Gasteiger partial charge in [-0.15, -0.1) is 6.58 Å². The summed E-state index contributed by atoms with van der Waals surface area (Å²) in [5, 5.41) is 0. The summed E-state index contributed by atoms with van der Waals surface area (Å²) in [5.41, 5.74) is 2.15. The van der Waals surface area contributed by atoms with Crippen LogP contribution in [-0.4, -0.2) is 48.7 Å². The van der Waals surface area contributed by atoms with E-state index in [4.69, 9.17) is 14.2 Å². The number of nitrogens with zero attached hydrogens (tertiary/aromatic N) is 1. The molecule has 1 aromatic carbocycles. The third-order valence-electron chi connectivity index (χ3n) is 6.67. The standard InChI is InChI=1S/C21H23NO5.C3H6/c1-11(23)25-16-6-4-13-10-15-14-5-7-17(26-12(2)24)20-21(14,8-9-22(15)3)18(13)19(16)27-20;1-3-2/h4-7,14-15,17,20H,8-10H2,1-3H3;3H,1H2,2H3/t14-,15+,17-,20-,21-;/m0./s1. The lowest BCUT2D eigenvalue weighted by atomic mass is 9.53. The Morgan fingerprint density at radius 2 is 2.00 bits per heavy atom. The summed E-state index contributed by atoms with van der Waals surface area (Å²) in [5.74, 6) is 0.712. The predicted octanol–water partition coefficient (Wildman–Crippen LogP) is 3.18. The monoisotopic (exact) mass is 411 g/mol. The number of piperidine rings is 1. The van der Waals surface area contributed by atoms with Crippen molar-refractivity contribution in [2.45, 2.75) is 57.3 Å². The minimum absolute atomic E-state index is 0.245. The Morgan fingerprint density at radius 1 is 1.27 bits per heavy atom. The largest absolute Gasteiger partial charge is 0.481 e. The molecule has 1 aromatic rings. The molecule has 0 radical (unpaired) electrons. The van der Waals surface area contributed by atoms with E-state index in [1.807, 2.05) is 19.1 Å². The molecule has 0 aromatic heterocycles. The number of likely N-dealkylation sites (N-methyl/N-ethyl adjacent to an activating group) is 1. The van der Waals surface area contributed by atoms with E-state index >= 15 is 0 Å². The summed E-state index contributed by atoms with van der Waals surface area (Å²) < 4.78 is 17.5. The van der Waals surface area contributed by atoms with Gasteiger partial charge in [-0.2, -0.15) is 0 Å². The third-order valence-corrected chi connectivity index (χ3v) is 6.67. The fraction of sp³-hybridized carbons (Fsp3) is 0.500. The van der Waals surface area contributed by atoms with Crippen LogP contribution in [0.3, 0.4) is 0 Å². The van der Waals surface area contributed by atoms with Crippen molar-refractivity contribution in [2.75, 3.05) is 13.6 Å². The first-order chi connectivity index (χ1) is 14.3. The first-order valence-corrected chi connectivity index (χ1v) is 10.5. The van der Waals surface area contributed by atoms with Crippen LogP contribution in [0.1, 0.15) is 38.3 Å². The molecule has 2 aliphatic carbocycles. The smallest absolute Gasteiger partial charge is 0.308 e. The molecule has 4 aliphatic rings. The molecule has 1 fully saturated rings. The summed E-state index contributed by atoms with van der Waals surface area (Å²) >= 11 is 0. The number of benzene rings is 1. The number of carbonyl (C=O) groups excluding carboxylic acids is 2. The Hall–Kier alpha value is -2.60. The summed E-state index contributed by atoms with van der Waals surface area (Å²) in [6, 6.07) is 4.28. The molecular formula is C24H29NO5. The van der Waals surface area contributed by atoms with Gasteiger partial charge in [0.25, 0.3) is 0 Å². The molecule has 0 unspecified atom stereocenters. The summed E-state index contributed by atoms with van der Waals surface area (Å²) in [4.78, 5) is 25.7. The molecule has 0 N–H and O–H groups in total. The number of hydrogen-bond donors (Lipinski definition) is 0. The molecule has 5 rings (SSSR count). The van der Waals surface area contributed by atoms with E-state index in [0.29, 0.717) is 17.5 Å². The quantitative estimate of drug-likeness (QED) is 0.423. The molecule has 2 aliphatic heterocycles. The second kappa shape index (κ2) is 7.58. The number of rotatable bonds is 2. The van der Waals surface area contributed by atoms with Gasteiger partial charge in [0.05, 0.1) is 0 Å². The molecule has 2 heterocycles. The zero-order valence-corrected chi connectivity index (χ0v) is 18.0. The van der Waals surface area contributed by atoms with Crippen LogP contribution in [0.15, 0.2) is 36.9 Å². The van der Waals surface area contributed by atoms with E-state index in [2.05, 4.69) is 30.7 Å². The van der Waals surface area contributed by atoms with Crippen LogP contribution in [0, 0.1) is 5.92 Å². The third kappa shape index (κ3) is 2.97. The Morgan fingerprint density at radius 3 is 2.67 bits per heavy atom. The number of hydrogen-bond acceptors (Lipinski definition) is 6. The van der Waals surface area contributed by atoms with Crippen LogP contribution >= 0.6 is 0 Å². The Labute approximate surface area is 177 Å². The van der Waals surface area contributed by atoms with Gasteiger partial charge in [0.1, 0.15) is 6.10 Å². The first kappa shape index (κ1) is 20.7. The number of esters is 2. The lowest BCUT2D eigenvalue weighted by molar-refractivity contribution is -0.152. The molecule has 0 amide bonds. The Balaban J connectivity index is 0.000000687. The van der Waals surface area contributed by atoms with Gasteiger partial charge < -0.3 is 19.1 Å². The molecule has 1 spiro atoms. The first-order valence-electron chi connectivity index (χ1n) is 10.5. The predicted molar refractivity (Wildman–Crippen MR) is 113 cm³/mol. The van der Waals surface area contributed by atoms with E-state index in [1.54, 1.807) is 6.08 Å². The van der Waals surface area contributed by atoms with Crippen molar-refractivity contribution in [3.05, 3.63) is 48.1 Å². The second-order valence-electron chi connectivity index (χ2n) is 8.49. The summed E-state index contributed by atoms with van der Waals surface area (Å²) in [6.45, 7) is 9.02. The van der Waals surface area contributed by atoms with Crippen molar-refractivity contribution in [3.8, 4) is 11.5 Å². The van der Waals surface area contributed by atoms with Gasteiger partial charge in [-0.3, -0.25) is 9.59 Å². The maximum atomic E-state index is 11.7. The van der Waals surface area contributed by atoms with Crippen LogP contribution in [-0.2, 0) is 26.2 Å². The van der Waals surface area contributed by atoms with E-state index in [9.17, 15) is 9.59 Å². The van der Waals surface area contributed by atoms with E-state index in [-0.39, 0.29) is 29.4 Å². The maximum Gasteiger partial charge on any atom is 0.308 e. The van der Waals surface area contributed by atoms with Crippen molar-refractivity contribution in [1.29, 1.82) is 0 Å². The van der Waals surface area contributed by atoms with Gasteiger partial charge in [-0.25, -0.2) is 0 Å². The fourth-order valence-electron chi connectivity index (χ4n) is 5.74. The Kier molecular flexibility index (Phi) is 5.22. The van der Waals surface area contributed by atoms with E-state index < -0.39 is 6.10 Å². The minimum atomic E-state index is -0.439. The number of likely N-dealkylation sites (tertiary alicyclic amines) is 1. The van der Waals surface area contributed by atoms with Gasteiger partial charge in [-0.1, -0.05) is 18.2 Å². The molecular weight excluding hydrogens is 382 g/mol. The molecule has 5 atom stereocenters. The van der Waals surface area contributed by atoms with Crippen LogP contribution < -0.4 is 9.47 Å². The summed E-state index contributed by atoms with van der Waals surface area (Å²) in [7, 11) is 2.17. The van der Waals surface area contributed by atoms with Crippen molar-refractivity contribution < 1.29 is 23.8 Å². The highest BCUT2D eigenvalue weighted by Gasteiger charge is 2.65. The molecule has 6 heteroatoms. The van der Waals surface area contributed by atoms with Gasteiger partial charge in [-0.05, 0) is 51.1 Å². The average molecular weight is 411 g/mol. The molecule has 30 heavy (non-hydrogen) atoms. The lowest BCUT2D eigenvalue weighted by Crippen LogP contribution is -2.65. The van der Waals surface area contributed by atoms with E-state index in [1.165, 1.54) is 19.4 Å². The molecule has 2 bridgehead atoms. The van der Waals surface area contributed by atoms with E-state index in [0.717, 1.165) is 24.9 Å². The number of allylic oxidation sites excluding steroid dienone is 1. The maximum absolute atomic E-state index is 11.7. The van der Waals surface area contributed by atoms with Gasteiger partial charge in [0.15, 0.2) is 17.6 Å². The van der Waals surface area contributed by atoms with Crippen molar-refractivity contribution in [2.24, 2.45) is 5.92 Å². The van der Waals surface area contributed by atoms with Crippen LogP contribution in [0.2, 0.25) is 0 Å². The van der Waals surface area contributed by atoms with Gasteiger partial charge in [0.2, 0.25) is 0 Å². The lowest BCUT2D eigenvalue weighted by Gasteiger charge is -2.56. The highest BCUT2D eigenvalue weighted by molar-refractivity contribution is 5.73. The highest BCUT2D eigenvalue weighted by atomic mass is 16.6. The van der Waals surface area contributed by atoms with Crippen molar-refractivity contribution in [3.63, 3.8) is 0 Å². The minimum Gasteiger partial charge on any atom is -0.481 e. The molecule has 160 valence electrons. The van der Waals surface area contributed by atoms with Gasteiger partial charge in [0, 0.05) is 36.8 Å². The normalized spacial score (nSPS) is 32.1. The zero-order chi connectivity index (χ0) is 21.6. The molecule has 6 nitrogen and oxygen atoms in total. The molecule has 1 saturated heterocycles. The van der Waals surface area contributed by atoms with Crippen LogP contribution in [0.5, 0.6) is 11.5 Å². The van der Waals surface area contributed by atoms with Crippen LogP contribution in [0.4, 0.5) is 0 Å². The number of ether oxygens (including phenoxy) is 3. The fourth-order valence-corrected chi connectivity index (χ4v) is 5.74. The SMILES string of the molecule is C=CC.CC(=O)Oc1ccc2c3c1O[C@H]1[C@@H](OC(C)=O)C=C[C@H]4[C@@H](C2)N(C)CC[C@@]341. The topological polar surface area (TPSA) is 65.1 Å². The average Bonchev–Trinajstić information content (AvgIpc) is 3.02. The molecule has 0 saturated carbocycles. The van der Waals surface area contributed by atoms with Gasteiger partial charge >= 0.3 is 11.9 Å². The number of carbonyl (C=O) groups is 2.